The van der Waals surface area contributed by atoms with Crippen molar-refractivity contribution in [1.29, 1.82) is 0 Å². The van der Waals surface area contributed by atoms with Crippen LogP contribution in [0.15, 0.2) is 54.9 Å². The fourth-order valence-electron chi connectivity index (χ4n) is 3.50. The highest BCUT2D eigenvalue weighted by Gasteiger charge is 2.14. The van der Waals surface area contributed by atoms with E-state index in [0.717, 1.165) is 37.6 Å². The van der Waals surface area contributed by atoms with Gasteiger partial charge in [0.15, 0.2) is 11.6 Å². The van der Waals surface area contributed by atoms with E-state index in [-0.39, 0.29) is 5.75 Å². The maximum absolute atomic E-state index is 13.5. The van der Waals surface area contributed by atoms with Crippen LogP contribution in [0.4, 0.5) is 37.9 Å². The molecule has 1 aliphatic heterocycles. The molecule has 1 aliphatic rings. The van der Waals surface area contributed by atoms with Crippen molar-refractivity contribution in [1.82, 2.24) is 14.9 Å². The second-order valence-corrected chi connectivity index (χ2v) is 7.68. The molecule has 3 aromatic rings. The lowest BCUT2D eigenvalue weighted by molar-refractivity contribution is 0.262. The Kier molecular flexibility index (Phi) is 6.84. The fourth-order valence-corrected chi connectivity index (χ4v) is 3.50. The molecule has 0 unspecified atom stereocenters. The molecular weight excluding hydrogens is 425 g/mol. The molecule has 1 aromatic heterocycles. The zero-order valence-electron chi connectivity index (χ0n) is 18.5. The maximum atomic E-state index is 13.5. The van der Waals surface area contributed by atoms with Gasteiger partial charge in [0.25, 0.3) is 0 Å². The fraction of sp³-hybridized carbons (Fsp3) is 0.261. The third-order valence-electron chi connectivity index (χ3n) is 5.30. The van der Waals surface area contributed by atoms with Crippen LogP contribution in [0, 0.1) is 5.82 Å². The average Bonchev–Trinajstić information content (AvgIpc) is 2.81. The number of carbonyl (C=O) groups is 1. The summed E-state index contributed by atoms with van der Waals surface area (Å²) in [5.74, 6) is 0.389. The zero-order chi connectivity index (χ0) is 23.2. The second kappa shape index (κ2) is 10.1. The molecular formula is C23H26FN7O2. The van der Waals surface area contributed by atoms with Crippen LogP contribution in [0.5, 0.6) is 5.75 Å². The predicted octanol–water partition coefficient (Wildman–Crippen LogP) is 3.76. The number of likely N-dealkylation sites (N-methyl/N-ethyl adjacent to an activating group) is 1. The lowest BCUT2D eigenvalue weighted by Crippen LogP contribution is -2.44. The van der Waals surface area contributed by atoms with Gasteiger partial charge in [-0.3, -0.25) is 5.32 Å². The highest BCUT2D eigenvalue weighted by atomic mass is 19.1. The van der Waals surface area contributed by atoms with Gasteiger partial charge in [0.1, 0.15) is 18.0 Å². The summed E-state index contributed by atoms with van der Waals surface area (Å²) in [5.41, 5.74) is 2.42. The number of carbonyl (C=O) groups excluding carboxylic acids is 1. The predicted molar refractivity (Wildman–Crippen MR) is 127 cm³/mol. The van der Waals surface area contributed by atoms with Crippen molar-refractivity contribution < 1.29 is 13.9 Å². The zero-order valence-corrected chi connectivity index (χ0v) is 18.5. The van der Waals surface area contributed by atoms with Crippen molar-refractivity contribution in [2.24, 2.45) is 0 Å². The van der Waals surface area contributed by atoms with Gasteiger partial charge in [-0.1, -0.05) is 6.07 Å². The summed E-state index contributed by atoms with van der Waals surface area (Å²) in [6.45, 7) is 4.03. The van der Waals surface area contributed by atoms with Gasteiger partial charge in [0, 0.05) is 55.4 Å². The summed E-state index contributed by atoms with van der Waals surface area (Å²) >= 11 is 0. The number of urea groups is 1. The summed E-state index contributed by atoms with van der Waals surface area (Å²) < 4.78 is 18.5. The lowest BCUT2D eigenvalue weighted by Gasteiger charge is -2.34. The molecule has 0 bridgehead atoms. The third-order valence-corrected chi connectivity index (χ3v) is 5.30. The number of amides is 2. The number of aromatic nitrogens is 2. The number of rotatable bonds is 6. The van der Waals surface area contributed by atoms with Crippen LogP contribution in [0.25, 0.3) is 0 Å². The Morgan fingerprint density at radius 3 is 2.55 bits per heavy atom. The Morgan fingerprint density at radius 1 is 0.970 bits per heavy atom. The molecule has 2 aromatic carbocycles. The van der Waals surface area contributed by atoms with Crippen molar-refractivity contribution in [3.8, 4) is 5.75 Å². The molecule has 4 rings (SSSR count). The first kappa shape index (κ1) is 22.3. The van der Waals surface area contributed by atoms with Gasteiger partial charge in [-0.25, -0.2) is 19.2 Å². The standard InChI is InChI=1S/C23H26FN7O2/c1-30-8-10-31(11-9-30)18-5-3-4-16(12-18)27-21-14-22(26-15-25-21)29-23(32)28-17-6-7-19(24)20(13-17)33-2/h3-7,12-15H,8-11H2,1-2H3,(H3,25,26,27,28,29,32). The average molecular weight is 452 g/mol. The van der Waals surface area contributed by atoms with Crippen LogP contribution >= 0.6 is 0 Å². The molecule has 0 saturated carbocycles. The molecule has 172 valence electrons. The molecule has 10 heteroatoms. The number of nitrogens with zero attached hydrogens (tertiary/aromatic N) is 4. The summed E-state index contributed by atoms with van der Waals surface area (Å²) in [4.78, 5) is 25.3. The highest BCUT2D eigenvalue weighted by molar-refractivity contribution is 5.99. The minimum Gasteiger partial charge on any atom is -0.494 e. The van der Waals surface area contributed by atoms with Crippen molar-refractivity contribution in [2.75, 3.05) is 61.2 Å². The van der Waals surface area contributed by atoms with E-state index in [9.17, 15) is 9.18 Å². The summed E-state index contributed by atoms with van der Waals surface area (Å²) in [6, 6.07) is 13.3. The Balaban J connectivity index is 1.39. The monoisotopic (exact) mass is 451 g/mol. The Labute approximate surface area is 191 Å². The normalized spacial score (nSPS) is 14.0. The van der Waals surface area contributed by atoms with Gasteiger partial charge in [-0.05, 0) is 37.4 Å². The van der Waals surface area contributed by atoms with E-state index in [4.69, 9.17) is 4.74 Å². The van der Waals surface area contributed by atoms with Gasteiger partial charge >= 0.3 is 6.03 Å². The van der Waals surface area contributed by atoms with E-state index in [1.54, 1.807) is 6.07 Å². The quantitative estimate of drug-likeness (QED) is 0.525. The topological polar surface area (TPSA) is 94.6 Å². The van der Waals surface area contributed by atoms with Gasteiger partial charge in [-0.2, -0.15) is 0 Å². The number of hydrogen-bond acceptors (Lipinski definition) is 7. The molecule has 0 radical (unpaired) electrons. The third kappa shape index (κ3) is 5.86. The van der Waals surface area contributed by atoms with Crippen molar-refractivity contribution >= 4 is 34.7 Å². The van der Waals surface area contributed by atoms with Crippen LogP contribution in [-0.4, -0.2) is 61.2 Å². The first-order valence-electron chi connectivity index (χ1n) is 10.5. The van der Waals surface area contributed by atoms with Gasteiger partial charge in [-0.15, -0.1) is 0 Å². The number of ether oxygens (including phenoxy) is 1. The van der Waals surface area contributed by atoms with E-state index in [1.807, 2.05) is 12.1 Å². The first-order chi connectivity index (χ1) is 16.0. The molecule has 0 spiro atoms. The summed E-state index contributed by atoms with van der Waals surface area (Å²) in [5, 5.41) is 8.53. The maximum Gasteiger partial charge on any atom is 0.324 e. The second-order valence-electron chi connectivity index (χ2n) is 7.68. The van der Waals surface area contributed by atoms with E-state index in [1.165, 1.54) is 31.6 Å². The highest BCUT2D eigenvalue weighted by Crippen LogP contribution is 2.24. The van der Waals surface area contributed by atoms with Gasteiger partial charge < -0.3 is 25.2 Å². The number of benzene rings is 2. The largest absolute Gasteiger partial charge is 0.494 e. The Bertz CT molecular complexity index is 1120. The molecule has 2 amide bonds. The van der Waals surface area contributed by atoms with Gasteiger partial charge in [0.05, 0.1) is 7.11 Å². The first-order valence-corrected chi connectivity index (χ1v) is 10.5. The molecule has 2 heterocycles. The molecule has 0 atom stereocenters. The minimum absolute atomic E-state index is 0.0418. The van der Waals surface area contributed by atoms with Gasteiger partial charge in [0.2, 0.25) is 0 Å². The summed E-state index contributed by atoms with van der Waals surface area (Å²) in [7, 11) is 3.49. The molecule has 0 aliphatic carbocycles. The van der Waals surface area contributed by atoms with Crippen LogP contribution in [-0.2, 0) is 0 Å². The Hall–Kier alpha value is -3.92. The lowest BCUT2D eigenvalue weighted by atomic mass is 10.2. The number of methoxy groups -OCH3 is 1. The molecule has 33 heavy (non-hydrogen) atoms. The number of hydrogen-bond donors (Lipinski definition) is 3. The number of halogens is 1. The molecule has 1 saturated heterocycles. The van der Waals surface area contributed by atoms with Crippen molar-refractivity contribution in [3.63, 3.8) is 0 Å². The van der Waals surface area contributed by atoms with Crippen molar-refractivity contribution in [3.05, 3.63) is 60.7 Å². The number of piperazine rings is 1. The molecule has 9 nitrogen and oxygen atoms in total. The van der Waals surface area contributed by atoms with E-state index < -0.39 is 11.8 Å². The number of nitrogens with one attached hydrogen (secondary N) is 3. The van der Waals surface area contributed by atoms with Crippen LogP contribution < -0.4 is 25.6 Å². The van der Waals surface area contributed by atoms with E-state index >= 15 is 0 Å². The van der Waals surface area contributed by atoms with Crippen molar-refractivity contribution in [2.45, 2.75) is 0 Å². The summed E-state index contributed by atoms with van der Waals surface area (Å²) in [6.07, 6.45) is 1.36. The minimum atomic E-state index is -0.523. The number of anilines is 5. The SMILES string of the molecule is COc1cc(NC(=O)Nc2cc(Nc3cccc(N4CCN(C)CC4)c3)ncn2)ccc1F. The van der Waals surface area contributed by atoms with Crippen LogP contribution in [0.1, 0.15) is 0 Å². The van der Waals surface area contributed by atoms with Crippen LogP contribution in [0.3, 0.4) is 0 Å². The smallest absolute Gasteiger partial charge is 0.324 e. The van der Waals surface area contributed by atoms with E-state index in [2.05, 4.69) is 54.9 Å². The van der Waals surface area contributed by atoms with E-state index in [0.29, 0.717) is 17.3 Å². The molecule has 1 fully saturated rings. The molecule has 3 N–H and O–H groups in total. The van der Waals surface area contributed by atoms with Crippen LogP contribution in [0.2, 0.25) is 0 Å². The Morgan fingerprint density at radius 2 is 1.76 bits per heavy atom.